The van der Waals surface area contributed by atoms with E-state index in [2.05, 4.69) is 0 Å². The maximum absolute atomic E-state index is 10.4. The fourth-order valence-corrected chi connectivity index (χ4v) is 3.04. The van der Waals surface area contributed by atoms with Gasteiger partial charge in [-0.1, -0.05) is 29.3 Å². The molecule has 2 aromatic rings. The van der Waals surface area contributed by atoms with E-state index < -0.39 is 6.10 Å². The van der Waals surface area contributed by atoms with Crippen molar-refractivity contribution in [1.82, 2.24) is 0 Å². The van der Waals surface area contributed by atoms with E-state index in [0.717, 1.165) is 11.1 Å². The number of rotatable bonds is 2. The SMILES string of the molecule is COc1ccc2c(c1)[C@H](O)CC(c1ccc(Cl)cc1Cl)O2. The zero-order valence-corrected chi connectivity index (χ0v) is 12.9. The van der Waals surface area contributed by atoms with Crippen LogP contribution in [0.3, 0.4) is 0 Å². The van der Waals surface area contributed by atoms with Gasteiger partial charge in [0, 0.05) is 27.6 Å². The second kappa shape index (κ2) is 5.76. The molecule has 0 aromatic heterocycles. The first-order valence-electron chi connectivity index (χ1n) is 6.56. The summed E-state index contributed by atoms with van der Waals surface area (Å²) < 4.78 is 11.1. The van der Waals surface area contributed by atoms with Crippen LogP contribution in [0.5, 0.6) is 11.5 Å². The fourth-order valence-electron chi connectivity index (χ4n) is 2.51. The Balaban J connectivity index is 1.94. The normalized spacial score (nSPS) is 20.6. The van der Waals surface area contributed by atoms with Crippen molar-refractivity contribution in [3.63, 3.8) is 0 Å². The van der Waals surface area contributed by atoms with Crippen LogP contribution >= 0.6 is 23.2 Å². The molecule has 110 valence electrons. The standard InChI is InChI=1S/C16H14Cl2O3/c1-20-10-3-5-15-12(7-10)14(19)8-16(21-15)11-4-2-9(17)6-13(11)18/h2-7,14,16,19H,8H2,1H3/t14-,16?/m1/s1. The average molecular weight is 325 g/mol. The van der Waals surface area contributed by atoms with Crippen LogP contribution < -0.4 is 9.47 Å². The summed E-state index contributed by atoms with van der Waals surface area (Å²) in [7, 11) is 1.59. The molecular formula is C16H14Cl2O3. The average Bonchev–Trinajstić information content (AvgIpc) is 2.47. The van der Waals surface area contributed by atoms with Crippen molar-refractivity contribution in [3.05, 3.63) is 57.6 Å². The van der Waals surface area contributed by atoms with Crippen molar-refractivity contribution in [2.75, 3.05) is 7.11 Å². The molecule has 0 saturated carbocycles. The molecule has 3 rings (SSSR count). The van der Waals surface area contributed by atoms with Gasteiger partial charge in [0.05, 0.1) is 13.2 Å². The van der Waals surface area contributed by atoms with Gasteiger partial charge in [0.1, 0.15) is 17.6 Å². The van der Waals surface area contributed by atoms with Gasteiger partial charge in [-0.2, -0.15) is 0 Å². The molecule has 5 heteroatoms. The van der Waals surface area contributed by atoms with E-state index in [0.29, 0.717) is 28.0 Å². The van der Waals surface area contributed by atoms with E-state index in [4.69, 9.17) is 32.7 Å². The third-order valence-electron chi connectivity index (χ3n) is 3.59. The molecule has 1 aliphatic rings. The van der Waals surface area contributed by atoms with Crippen LogP contribution in [0.2, 0.25) is 10.0 Å². The Morgan fingerprint density at radius 3 is 2.67 bits per heavy atom. The molecule has 21 heavy (non-hydrogen) atoms. The van der Waals surface area contributed by atoms with Crippen LogP contribution in [0.15, 0.2) is 36.4 Å². The maximum atomic E-state index is 10.4. The van der Waals surface area contributed by atoms with Gasteiger partial charge in [0.15, 0.2) is 0 Å². The monoisotopic (exact) mass is 324 g/mol. The second-order valence-corrected chi connectivity index (χ2v) is 5.77. The topological polar surface area (TPSA) is 38.7 Å². The molecule has 0 spiro atoms. The van der Waals surface area contributed by atoms with Gasteiger partial charge in [0.2, 0.25) is 0 Å². The summed E-state index contributed by atoms with van der Waals surface area (Å²) in [4.78, 5) is 0. The van der Waals surface area contributed by atoms with Crippen LogP contribution in [0.1, 0.15) is 29.8 Å². The second-order valence-electron chi connectivity index (χ2n) is 4.93. The molecule has 2 aromatic carbocycles. The van der Waals surface area contributed by atoms with Crippen LogP contribution in [0.25, 0.3) is 0 Å². The molecule has 0 fully saturated rings. The van der Waals surface area contributed by atoms with Gasteiger partial charge >= 0.3 is 0 Å². The lowest BCUT2D eigenvalue weighted by atomic mass is 9.95. The number of hydrogen-bond acceptors (Lipinski definition) is 3. The van der Waals surface area contributed by atoms with E-state index in [1.165, 1.54) is 0 Å². The summed E-state index contributed by atoms with van der Waals surface area (Å²) in [5, 5.41) is 11.5. The van der Waals surface area contributed by atoms with Crippen molar-refractivity contribution in [2.24, 2.45) is 0 Å². The summed E-state index contributed by atoms with van der Waals surface area (Å²) in [6.45, 7) is 0. The number of fused-ring (bicyclic) bond motifs is 1. The predicted octanol–water partition coefficient (Wildman–Crippen LogP) is 4.56. The summed E-state index contributed by atoms with van der Waals surface area (Å²) in [6, 6.07) is 10.7. The van der Waals surface area contributed by atoms with E-state index in [9.17, 15) is 5.11 Å². The highest BCUT2D eigenvalue weighted by atomic mass is 35.5. The fraction of sp³-hybridized carbons (Fsp3) is 0.250. The number of benzene rings is 2. The van der Waals surface area contributed by atoms with Gasteiger partial charge < -0.3 is 14.6 Å². The zero-order chi connectivity index (χ0) is 15.0. The summed E-state index contributed by atoms with van der Waals surface area (Å²) >= 11 is 12.1. The zero-order valence-electron chi connectivity index (χ0n) is 11.3. The number of methoxy groups -OCH3 is 1. The Morgan fingerprint density at radius 2 is 1.95 bits per heavy atom. The highest BCUT2D eigenvalue weighted by molar-refractivity contribution is 6.35. The molecule has 2 atom stereocenters. The van der Waals surface area contributed by atoms with Crippen LogP contribution in [0.4, 0.5) is 0 Å². The molecule has 1 heterocycles. The molecular weight excluding hydrogens is 311 g/mol. The summed E-state index contributed by atoms with van der Waals surface area (Å²) in [6.07, 6.45) is -0.493. The van der Waals surface area contributed by atoms with Crippen LogP contribution in [-0.4, -0.2) is 12.2 Å². The Labute approximate surface area is 133 Å². The molecule has 0 aliphatic carbocycles. The van der Waals surface area contributed by atoms with Gasteiger partial charge in [-0.15, -0.1) is 0 Å². The first-order valence-corrected chi connectivity index (χ1v) is 7.31. The molecule has 0 bridgehead atoms. The minimum atomic E-state index is -0.624. The van der Waals surface area contributed by atoms with Crippen molar-refractivity contribution < 1.29 is 14.6 Å². The molecule has 1 N–H and O–H groups in total. The van der Waals surface area contributed by atoms with E-state index in [-0.39, 0.29) is 6.10 Å². The third-order valence-corrected chi connectivity index (χ3v) is 4.15. The van der Waals surface area contributed by atoms with Crippen molar-refractivity contribution >= 4 is 23.2 Å². The number of hydrogen-bond donors (Lipinski definition) is 1. The maximum Gasteiger partial charge on any atom is 0.128 e. The first-order chi connectivity index (χ1) is 10.1. The van der Waals surface area contributed by atoms with Crippen LogP contribution in [-0.2, 0) is 0 Å². The number of halogens is 2. The number of aliphatic hydroxyl groups excluding tert-OH is 1. The van der Waals surface area contributed by atoms with E-state index in [1.54, 1.807) is 37.4 Å². The highest BCUT2D eigenvalue weighted by Crippen LogP contribution is 2.43. The molecule has 0 radical (unpaired) electrons. The Bertz CT molecular complexity index is 673. The minimum Gasteiger partial charge on any atom is -0.497 e. The lowest BCUT2D eigenvalue weighted by Crippen LogP contribution is -2.19. The summed E-state index contributed by atoms with van der Waals surface area (Å²) in [5.41, 5.74) is 1.55. The highest BCUT2D eigenvalue weighted by Gasteiger charge is 2.29. The number of aliphatic hydroxyl groups is 1. The number of ether oxygens (including phenoxy) is 2. The van der Waals surface area contributed by atoms with E-state index in [1.807, 2.05) is 6.07 Å². The Kier molecular flexibility index (Phi) is 3.98. The quantitative estimate of drug-likeness (QED) is 0.880. The van der Waals surface area contributed by atoms with Gasteiger partial charge in [0.25, 0.3) is 0 Å². The largest absolute Gasteiger partial charge is 0.497 e. The van der Waals surface area contributed by atoms with E-state index >= 15 is 0 Å². The minimum absolute atomic E-state index is 0.300. The smallest absolute Gasteiger partial charge is 0.128 e. The predicted molar refractivity (Wildman–Crippen MR) is 82.4 cm³/mol. The molecule has 0 saturated heterocycles. The molecule has 1 aliphatic heterocycles. The van der Waals surface area contributed by atoms with Crippen molar-refractivity contribution in [1.29, 1.82) is 0 Å². The Morgan fingerprint density at radius 1 is 1.14 bits per heavy atom. The molecule has 1 unspecified atom stereocenters. The lowest BCUT2D eigenvalue weighted by molar-refractivity contribution is 0.0655. The summed E-state index contributed by atoms with van der Waals surface area (Å²) in [5.74, 6) is 1.34. The van der Waals surface area contributed by atoms with Gasteiger partial charge in [-0.25, -0.2) is 0 Å². The third kappa shape index (κ3) is 2.82. The van der Waals surface area contributed by atoms with Crippen molar-refractivity contribution in [3.8, 4) is 11.5 Å². The van der Waals surface area contributed by atoms with Crippen molar-refractivity contribution in [2.45, 2.75) is 18.6 Å². The lowest BCUT2D eigenvalue weighted by Gasteiger charge is -2.30. The van der Waals surface area contributed by atoms with Gasteiger partial charge in [-0.05, 0) is 30.3 Å². The Hall–Kier alpha value is -1.42. The van der Waals surface area contributed by atoms with Gasteiger partial charge in [-0.3, -0.25) is 0 Å². The van der Waals surface area contributed by atoms with Crippen LogP contribution in [0, 0.1) is 0 Å². The molecule has 0 amide bonds. The first kappa shape index (κ1) is 14.5. The molecule has 3 nitrogen and oxygen atoms in total.